The van der Waals surface area contributed by atoms with Gasteiger partial charge in [-0.2, -0.15) is 16.8 Å². The van der Waals surface area contributed by atoms with Gasteiger partial charge in [0.25, 0.3) is 37.7 Å². The van der Waals surface area contributed by atoms with Crippen LogP contribution in [-0.2, 0) is 53.2 Å². The van der Waals surface area contributed by atoms with Gasteiger partial charge >= 0.3 is 0 Å². The zero-order valence-electron chi connectivity index (χ0n) is 34.8. The first-order chi connectivity index (χ1) is 29.3. The summed E-state index contributed by atoms with van der Waals surface area (Å²) in [4.78, 5) is 35.4. The number of anilines is 2. The number of nitro groups is 1. The predicted molar refractivity (Wildman–Crippen MR) is 231 cm³/mol. The van der Waals surface area contributed by atoms with Crippen LogP contribution in [-0.4, -0.2) is 96.2 Å². The first kappa shape index (κ1) is 50.0. The lowest BCUT2D eigenvalue weighted by Crippen LogP contribution is -2.28. The zero-order chi connectivity index (χ0) is 47.1. The van der Waals surface area contributed by atoms with E-state index in [4.69, 9.17) is 17.8 Å². The molecule has 3 N–H and O–H groups in total. The van der Waals surface area contributed by atoms with Crippen molar-refractivity contribution >= 4 is 81.1 Å². The molecule has 340 valence electrons. The van der Waals surface area contributed by atoms with Crippen molar-refractivity contribution in [3.05, 3.63) is 105 Å². The van der Waals surface area contributed by atoms with E-state index in [0.717, 1.165) is 42.7 Å². The number of hydrogen-bond donors (Lipinski definition) is 3. The fourth-order valence-electron chi connectivity index (χ4n) is 5.63. The molecule has 0 atom stereocenters. The van der Waals surface area contributed by atoms with Gasteiger partial charge in [-0.3, -0.25) is 28.1 Å². The summed E-state index contributed by atoms with van der Waals surface area (Å²) < 4.78 is 127. The highest BCUT2D eigenvalue weighted by atomic mass is 32.2. The van der Waals surface area contributed by atoms with Crippen molar-refractivity contribution in [2.45, 2.75) is 59.5 Å². The topological polar surface area (TPSA) is 287 Å². The van der Waals surface area contributed by atoms with Gasteiger partial charge in [0.05, 0.1) is 30.8 Å². The molecule has 0 saturated heterocycles. The summed E-state index contributed by atoms with van der Waals surface area (Å²) in [7, 11) is -14.7. The van der Waals surface area contributed by atoms with Crippen molar-refractivity contribution in [3.63, 3.8) is 0 Å². The Morgan fingerprint density at radius 2 is 1.14 bits per heavy atom. The van der Waals surface area contributed by atoms with Crippen LogP contribution in [0.1, 0.15) is 59.5 Å². The van der Waals surface area contributed by atoms with E-state index >= 15 is 0 Å². The highest BCUT2D eigenvalue weighted by Gasteiger charge is 2.27. The summed E-state index contributed by atoms with van der Waals surface area (Å²) in [6, 6.07) is 13.7. The van der Waals surface area contributed by atoms with Crippen LogP contribution in [0.25, 0.3) is 12.2 Å². The van der Waals surface area contributed by atoms with E-state index in [1.807, 2.05) is 0 Å². The summed E-state index contributed by atoms with van der Waals surface area (Å²) in [6.07, 6.45) is 1.59. The number of benzene rings is 4. The number of nitrogens with zero attached hydrogens (tertiary/aromatic N) is 1. The third kappa shape index (κ3) is 13.0. The molecule has 20 nitrogen and oxygen atoms in total. The lowest BCUT2D eigenvalue weighted by Gasteiger charge is -2.15. The van der Waals surface area contributed by atoms with Gasteiger partial charge in [0, 0.05) is 48.5 Å². The average molecular weight is 953 g/mol. The van der Waals surface area contributed by atoms with Crippen molar-refractivity contribution in [2.24, 2.45) is 0 Å². The number of methoxy groups -OCH3 is 2. The molecule has 0 radical (unpaired) electrons. The van der Waals surface area contributed by atoms with Crippen molar-refractivity contribution < 1.29 is 66.0 Å². The van der Waals surface area contributed by atoms with Gasteiger partial charge in [-0.05, 0) is 93.4 Å². The van der Waals surface area contributed by atoms with Gasteiger partial charge in [-0.25, -0.2) is 21.6 Å². The summed E-state index contributed by atoms with van der Waals surface area (Å²) in [5.74, 6) is -1.82. The third-order valence-corrected chi connectivity index (χ3v) is 14.0. The molecule has 2 amide bonds. The second-order valence-corrected chi connectivity index (χ2v) is 20.7. The van der Waals surface area contributed by atoms with Crippen LogP contribution in [0.15, 0.2) is 92.4 Å². The molecular formula is C39H44N4O16S4. The van der Waals surface area contributed by atoms with E-state index in [-0.39, 0.29) is 57.4 Å². The monoisotopic (exact) mass is 952 g/mol. The van der Waals surface area contributed by atoms with Crippen LogP contribution >= 0.6 is 0 Å². The van der Waals surface area contributed by atoms with E-state index in [2.05, 4.69) is 15.4 Å². The number of amides is 2. The highest BCUT2D eigenvalue weighted by molar-refractivity contribution is 7.91. The standard InChI is InChI=1S/C39H44N4O16S4/c1-24(2)58-62(52,53)35-22-30(41-38(44)28-13-17-34(60(7,48)49)32(20-28)43(46)47)14-10-26(35)8-9-27-11-15-31(23-36(27)63(54,55)59-25(3)4)42-39(45)29-12-16-33(57-6)37(21-29)61(50,51)40-18-19-56-5/h8-17,20-25,40H,18-19H2,1-7H3,(H,41,44)(H,42,45). The highest BCUT2D eigenvalue weighted by Crippen LogP contribution is 2.31. The number of carbonyl (C=O) groups excluding carboxylic acids is 2. The second-order valence-electron chi connectivity index (χ2n) is 13.9. The van der Waals surface area contributed by atoms with Gasteiger partial charge < -0.3 is 20.1 Å². The number of hydrogen-bond acceptors (Lipinski definition) is 16. The molecular weight excluding hydrogens is 909 g/mol. The molecule has 0 saturated carbocycles. The van der Waals surface area contributed by atoms with Crippen molar-refractivity contribution in [1.29, 1.82) is 0 Å². The minimum Gasteiger partial charge on any atom is -0.495 e. The Labute approximate surface area is 365 Å². The maximum Gasteiger partial charge on any atom is 0.297 e. The fourth-order valence-corrected chi connectivity index (χ4v) is 10.3. The maximum absolute atomic E-state index is 13.6. The average Bonchev–Trinajstić information content (AvgIpc) is 3.18. The van der Waals surface area contributed by atoms with E-state index in [1.165, 1.54) is 90.5 Å². The van der Waals surface area contributed by atoms with Crippen molar-refractivity contribution in [3.8, 4) is 5.75 Å². The van der Waals surface area contributed by atoms with Crippen LogP contribution in [0.4, 0.5) is 17.1 Å². The van der Waals surface area contributed by atoms with Crippen LogP contribution in [0.5, 0.6) is 5.75 Å². The number of nitrogens with one attached hydrogen (secondary N) is 3. The molecule has 4 rings (SSSR count). The molecule has 24 heteroatoms. The summed E-state index contributed by atoms with van der Waals surface area (Å²) in [5.41, 5.74) is -1.53. The number of sulfone groups is 1. The number of rotatable bonds is 20. The summed E-state index contributed by atoms with van der Waals surface area (Å²) in [5, 5.41) is 16.6. The molecule has 4 aromatic carbocycles. The molecule has 4 aromatic rings. The third-order valence-electron chi connectivity index (χ3n) is 8.29. The van der Waals surface area contributed by atoms with Crippen molar-refractivity contribution in [2.75, 3.05) is 44.3 Å². The Morgan fingerprint density at radius 1 is 0.667 bits per heavy atom. The Bertz CT molecular complexity index is 2900. The SMILES string of the molecule is COCCNS(=O)(=O)c1cc(C(=O)Nc2ccc(C=Cc3ccc(NC(=O)c4ccc(S(C)(=O)=O)c([N+](=O)[O-])c4)cc3S(=O)(=O)OC(C)C)c(S(=O)(=O)OC(C)C)c2)ccc1OC. The fraction of sp³-hybridized carbons (Fsp3) is 0.282. The van der Waals surface area contributed by atoms with Gasteiger partial charge in [0.2, 0.25) is 10.0 Å². The molecule has 0 heterocycles. The normalized spacial score (nSPS) is 12.5. The Kier molecular flexibility index (Phi) is 16.1. The number of carbonyl (C=O) groups is 2. The summed E-state index contributed by atoms with van der Waals surface area (Å²) in [6.45, 7) is 5.85. The second kappa shape index (κ2) is 20.3. The summed E-state index contributed by atoms with van der Waals surface area (Å²) >= 11 is 0. The Balaban J connectivity index is 1.75. The van der Waals surface area contributed by atoms with Gasteiger partial charge in [-0.1, -0.05) is 24.3 Å². The number of ether oxygens (including phenoxy) is 2. The van der Waals surface area contributed by atoms with Crippen LogP contribution < -0.4 is 20.1 Å². The number of sulfonamides is 1. The van der Waals surface area contributed by atoms with E-state index in [9.17, 15) is 53.4 Å². The van der Waals surface area contributed by atoms with Gasteiger partial charge in [0.15, 0.2) is 9.84 Å². The zero-order valence-corrected chi connectivity index (χ0v) is 38.0. The van der Waals surface area contributed by atoms with E-state index in [0.29, 0.717) is 0 Å². The maximum atomic E-state index is 13.6. The van der Waals surface area contributed by atoms with Crippen LogP contribution in [0, 0.1) is 10.1 Å². The van der Waals surface area contributed by atoms with E-state index < -0.39 is 89.4 Å². The molecule has 0 fully saturated rings. The van der Waals surface area contributed by atoms with Crippen molar-refractivity contribution in [1.82, 2.24) is 4.72 Å². The lowest BCUT2D eigenvalue weighted by atomic mass is 10.1. The van der Waals surface area contributed by atoms with Gasteiger partial charge in [0.1, 0.15) is 25.3 Å². The minimum atomic E-state index is -4.59. The quantitative estimate of drug-likeness (QED) is 0.0351. The van der Waals surface area contributed by atoms with Crippen LogP contribution in [0.2, 0.25) is 0 Å². The first-order valence-electron chi connectivity index (χ1n) is 18.4. The Hall–Kier alpha value is -5.60. The van der Waals surface area contributed by atoms with Gasteiger partial charge in [-0.15, -0.1) is 0 Å². The molecule has 0 unspecified atom stereocenters. The van der Waals surface area contributed by atoms with E-state index in [1.54, 1.807) is 0 Å². The predicted octanol–water partition coefficient (Wildman–Crippen LogP) is 4.83. The smallest absolute Gasteiger partial charge is 0.297 e. The Morgan fingerprint density at radius 3 is 1.57 bits per heavy atom. The molecule has 0 aliphatic carbocycles. The molecule has 0 aliphatic rings. The lowest BCUT2D eigenvalue weighted by molar-refractivity contribution is -0.387. The largest absolute Gasteiger partial charge is 0.495 e. The minimum absolute atomic E-state index is 0.0294. The first-order valence-corrected chi connectivity index (χ1v) is 24.6. The molecule has 0 aliphatic heterocycles. The molecule has 0 aromatic heterocycles. The van der Waals surface area contributed by atoms with Crippen LogP contribution in [0.3, 0.4) is 0 Å². The number of nitro benzene ring substituents is 1. The molecule has 0 bridgehead atoms. The molecule has 0 spiro atoms. The molecule has 63 heavy (non-hydrogen) atoms.